The molecule has 0 aromatic heterocycles. The van der Waals surface area contributed by atoms with Gasteiger partial charge in [0.1, 0.15) is 5.82 Å². The molecule has 0 bridgehead atoms. The Morgan fingerprint density at radius 3 is 2.30 bits per heavy atom. The van der Waals surface area contributed by atoms with Crippen molar-refractivity contribution in [1.82, 2.24) is 4.90 Å². The Hall–Kier alpha value is -3.36. The van der Waals surface area contributed by atoms with Crippen molar-refractivity contribution in [2.45, 2.75) is 76.7 Å². The van der Waals surface area contributed by atoms with Crippen LogP contribution in [0.5, 0.6) is 0 Å². The van der Waals surface area contributed by atoms with Crippen molar-refractivity contribution in [2.24, 2.45) is 5.41 Å². The Morgan fingerprint density at radius 2 is 1.73 bits per heavy atom. The fourth-order valence-corrected chi connectivity index (χ4v) is 5.93. The Labute approximate surface area is 233 Å². The zero-order valence-corrected chi connectivity index (χ0v) is 23.3. The van der Waals surface area contributed by atoms with Gasteiger partial charge in [0.15, 0.2) is 0 Å². The molecule has 40 heavy (non-hydrogen) atoms. The predicted molar refractivity (Wildman–Crippen MR) is 146 cm³/mol. The van der Waals surface area contributed by atoms with Crippen molar-refractivity contribution in [3.05, 3.63) is 65.5 Å². The van der Waals surface area contributed by atoms with Crippen molar-refractivity contribution in [1.29, 1.82) is 0 Å². The van der Waals surface area contributed by atoms with Crippen molar-refractivity contribution < 1.29 is 32.3 Å². The van der Waals surface area contributed by atoms with Crippen molar-refractivity contribution in [2.75, 3.05) is 25.1 Å². The van der Waals surface area contributed by atoms with Gasteiger partial charge in [0.05, 0.1) is 18.1 Å². The zero-order chi connectivity index (χ0) is 29.1. The molecule has 1 unspecified atom stereocenters. The molecule has 216 valence electrons. The lowest BCUT2D eigenvalue weighted by molar-refractivity contribution is -0.158. The second kappa shape index (κ2) is 12.0. The Kier molecular flexibility index (Phi) is 8.90. The molecule has 2 aliphatic rings. The molecule has 1 saturated heterocycles. The predicted octanol–water partition coefficient (Wildman–Crippen LogP) is 6.35. The van der Waals surface area contributed by atoms with Gasteiger partial charge in [-0.15, -0.1) is 0 Å². The number of anilines is 1. The summed E-state index contributed by atoms with van der Waals surface area (Å²) in [5.74, 6) is -4.85. The Bertz CT molecular complexity index is 1230. The van der Waals surface area contributed by atoms with Gasteiger partial charge in [-0.3, -0.25) is 14.4 Å². The number of carbonyl (C=O) groups is 3. The third kappa shape index (κ3) is 6.34. The van der Waals surface area contributed by atoms with Gasteiger partial charge in [-0.2, -0.15) is 0 Å². The number of piperidine rings is 1. The summed E-state index contributed by atoms with van der Waals surface area (Å²) in [6.45, 7) is 4.12. The number of hydrogen-bond acceptors (Lipinski definition) is 4. The van der Waals surface area contributed by atoms with Crippen LogP contribution in [0.25, 0.3) is 0 Å². The first kappa shape index (κ1) is 29.6. The number of methoxy groups -OCH3 is 1. The number of ether oxygens (including phenoxy) is 1. The number of benzene rings is 2. The fraction of sp³-hybridized carbons (Fsp3) is 0.516. The summed E-state index contributed by atoms with van der Waals surface area (Å²) < 4.78 is 48.6. The van der Waals surface area contributed by atoms with E-state index in [0.717, 1.165) is 5.56 Å². The van der Waals surface area contributed by atoms with Crippen LogP contribution in [-0.2, 0) is 14.3 Å². The molecule has 9 heteroatoms. The lowest BCUT2D eigenvalue weighted by Gasteiger charge is -2.42. The fourth-order valence-electron chi connectivity index (χ4n) is 5.93. The number of carbonyl (C=O) groups excluding carboxylic acids is 3. The summed E-state index contributed by atoms with van der Waals surface area (Å²) in [4.78, 5) is 43.0. The maximum Gasteiger partial charge on any atom is 0.312 e. The normalized spacial score (nSPS) is 20.2. The molecule has 1 saturated carbocycles. The lowest BCUT2D eigenvalue weighted by Crippen LogP contribution is -2.52. The van der Waals surface area contributed by atoms with E-state index in [0.29, 0.717) is 18.5 Å². The molecule has 2 amide bonds. The van der Waals surface area contributed by atoms with E-state index in [1.807, 2.05) is 13.8 Å². The van der Waals surface area contributed by atoms with Crippen molar-refractivity contribution in [3.8, 4) is 0 Å². The highest BCUT2D eigenvalue weighted by atomic mass is 19.3. The molecule has 2 fully saturated rings. The van der Waals surface area contributed by atoms with Gasteiger partial charge >= 0.3 is 5.97 Å². The molecular formula is C31H37F3N2O4. The van der Waals surface area contributed by atoms with Gasteiger partial charge in [-0.1, -0.05) is 38.1 Å². The molecule has 0 radical (unpaired) electrons. The summed E-state index contributed by atoms with van der Waals surface area (Å²) in [5.41, 5.74) is 0.0182. The highest BCUT2D eigenvalue weighted by Crippen LogP contribution is 2.41. The van der Waals surface area contributed by atoms with Crippen LogP contribution in [0.4, 0.5) is 18.9 Å². The van der Waals surface area contributed by atoms with Gasteiger partial charge in [0, 0.05) is 44.1 Å². The molecule has 4 rings (SSSR count). The summed E-state index contributed by atoms with van der Waals surface area (Å²) in [5, 5.41) is 0. The molecule has 1 atom stereocenters. The van der Waals surface area contributed by atoms with Crippen LogP contribution in [0, 0.1) is 11.2 Å². The van der Waals surface area contributed by atoms with E-state index in [9.17, 15) is 27.6 Å². The average molecular weight is 559 g/mol. The first-order valence-electron chi connectivity index (χ1n) is 13.9. The highest BCUT2D eigenvalue weighted by Gasteiger charge is 2.48. The Balaban J connectivity index is 1.54. The highest BCUT2D eigenvalue weighted by molar-refractivity contribution is 5.98. The van der Waals surface area contributed by atoms with Gasteiger partial charge in [0.25, 0.3) is 5.91 Å². The first-order valence-corrected chi connectivity index (χ1v) is 13.9. The van der Waals surface area contributed by atoms with Crippen LogP contribution in [0.1, 0.15) is 80.6 Å². The topological polar surface area (TPSA) is 66.9 Å². The minimum Gasteiger partial charge on any atom is -0.469 e. The number of alkyl halides is 2. The van der Waals surface area contributed by atoms with Crippen LogP contribution in [0.2, 0.25) is 0 Å². The van der Waals surface area contributed by atoms with Gasteiger partial charge in [0.2, 0.25) is 11.8 Å². The number of rotatable bonds is 7. The number of esters is 1. The van der Waals surface area contributed by atoms with Crippen LogP contribution < -0.4 is 4.90 Å². The number of hydrogen-bond donors (Lipinski definition) is 0. The van der Waals surface area contributed by atoms with Gasteiger partial charge in [-0.25, -0.2) is 13.2 Å². The number of nitrogens with zero attached hydrogens (tertiary/aromatic N) is 2. The molecule has 2 aromatic rings. The van der Waals surface area contributed by atoms with E-state index < -0.39 is 47.4 Å². The second-order valence-corrected chi connectivity index (χ2v) is 11.3. The second-order valence-electron chi connectivity index (χ2n) is 11.3. The number of para-hydroxylation sites is 1. The van der Waals surface area contributed by atoms with Crippen molar-refractivity contribution in [3.63, 3.8) is 0 Å². The maximum absolute atomic E-state index is 14.8. The minimum atomic E-state index is -2.87. The Morgan fingerprint density at radius 1 is 1.05 bits per heavy atom. The summed E-state index contributed by atoms with van der Waals surface area (Å²) in [6, 6.07) is 12.5. The van der Waals surface area contributed by atoms with E-state index in [1.165, 1.54) is 29.0 Å². The van der Waals surface area contributed by atoms with E-state index in [2.05, 4.69) is 0 Å². The summed E-state index contributed by atoms with van der Waals surface area (Å²) in [6.07, 6.45) is 0.0984. The first-order chi connectivity index (χ1) is 19.0. The molecule has 2 aromatic carbocycles. The number of halogens is 3. The van der Waals surface area contributed by atoms with Crippen LogP contribution in [0.15, 0.2) is 48.5 Å². The van der Waals surface area contributed by atoms with Crippen LogP contribution >= 0.6 is 0 Å². The molecule has 0 spiro atoms. The lowest BCUT2D eigenvalue weighted by atomic mass is 9.74. The number of amides is 2. The van der Waals surface area contributed by atoms with E-state index in [1.54, 1.807) is 36.4 Å². The van der Waals surface area contributed by atoms with Gasteiger partial charge < -0.3 is 14.5 Å². The molecule has 1 heterocycles. The molecule has 6 nitrogen and oxygen atoms in total. The average Bonchev–Trinajstić information content (AvgIpc) is 2.92. The van der Waals surface area contributed by atoms with Crippen LogP contribution in [-0.4, -0.2) is 54.8 Å². The monoisotopic (exact) mass is 558 g/mol. The van der Waals surface area contributed by atoms with Gasteiger partial charge in [-0.05, 0) is 61.4 Å². The zero-order valence-electron chi connectivity index (χ0n) is 23.3. The third-order valence-corrected chi connectivity index (χ3v) is 8.29. The SMILES string of the molecule is COC(=O)C1(CC(=O)N(c2ccccc2)C2CCCC(F)(F)C2)CCN(C(=O)c2ccc(C(C)C)cc2F)CC1. The van der Waals surface area contributed by atoms with Crippen LogP contribution in [0.3, 0.4) is 0 Å². The van der Waals surface area contributed by atoms with E-state index >= 15 is 0 Å². The molecule has 0 N–H and O–H groups in total. The largest absolute Gasteiger partial charge is 0.469 e. The molecular weight excluding hydrogens is 521 g/mol. The minimum absolute atomic E-state index is 0.0421. The number of likely N-dealkylation sites (tertiary alicyclic amines) is 1. The smallest absolute Gasteiger partial charge is 0.312 e. The summed E-state index contributed by atoms with van der Waals surface area (Å²) >= 11 is 0. The quantitative estimate of drug-likeness (QED) is 0.372. The standard InChI is InChI=1S/C31H37F3N2O4/c1-21(2)22-11-12-25(26(32)18-22)28(38)35-16-14-30(15-17-35,29(39)40-3)20-27(37)36(23-8-5-4-6-9-23)24-10-7-13-31(33,34)19-24/h4-6,8-9,11-12,18,21,24H,7,10,13-17,19-20H2,1-3H3. The van der Waals surface area contributed by atoms with Crippen molar-refractivity contribution >= 4 is 23.5 Å². The van der Waals surface area contributed by atoms with E-state index in [4.69, 9.17) is 4.74 Å². The third-order valence-electron chi connectivity index (χ3n) is 8.29. The summed E-state index contributed by atoms with van der Waals surface area (Å²) in [7, 11) is 1.24. The molecule has 1 aliphatic carbocycles. The maximum atomic E-state index is 14.8. The molecule has 1 aliphatic heterocycles. The van der Waals surface area contributed by atoms with E-state index in [-0.39, 0.29) is 50.3 Å².